The molecule has 0 radical (unpaired) electrons. The van der Waals surface area contributed by atoms with Gasteiger partial charge in [-0.2, -0.15) is 0 Å². The molecule has 0 amide bonds. The van der Waals surface area contributed by atoms with Crippen molar-refractivity contribution in [1.29, 1.82) is 0 Å². The van der Waals surface area contributed by atoms with Gasteiger partial charge in [-0.15, -0.1) is 0 Å². The molecule has 2 fully saturated rings. The molecule has 1 saturated heterocycles. The maximum atomic E-state index is 3.37. The zero-order valence-corrected chi connectivity index (χ0v) is 7.32. The fraction of sp³-hybridized carbons (Fsp3) is 0.800. The van der Waals surface area contributed by atoms with E-state index in [1.54, 1.807) is 5.57 Å². The lowest BCUT2D eigenvalue weighted by Gasteiger charge is -2.36. The molecular formula is C10H17N. The Balaban J connectivity index is 2.00. The highest BCUT2D eigenvalue weighted by Crippen LogP contribution is 2.42. The summed E-state index contributed by atoms with van der Waals surface area (Å²) in [5, 5.41) is 3.37. The van der Waals surface area contributed by atoms with Crippen LogP contribution in [0, 0.1) is 5.41 Å². The van der Waals surface area contributed by atoms with E-state index < -0.39 is 0 Å². The topological polar surface area (TPSA) is 12.0 Å². The van der Waals surface area contributed by atoms with Crippen LogP contribution in [0.4, 0.5) is 0 Å². The van der Waals surface area contributed by atoms with Crippen molar-refractivity contribution in [3.05, 3.63) is 11.6 Å². The molecule has 0 aromatic heterocycles. The highest BCUT2D eigenvalue weighted by molar-refractivity contribution is 5.15. The Morgan fingerprint density at radius 2 is 2.27 bits per heavy atom. The van der Waals surface area contributed by atoms with Crippen molar-refractivity contribution in [2.45, 2.75) is 32.6 Å². The fourth-order valence-electron chi connectivity index (χ4n) is 2.08. The lowest BCUT2D eigenvalue weighted by Crippen LogP contribution is -2.23. The molecule has 0 atom stereocenters. The monoisotopic (exact) mass is 151 g/mol. The van der Waals surface area contributed by atoms with Gasteiger partial charge >= 0.3 is 0 Å². The zero-order chi connectivity index (χ0) is 7.73. The van der Waals surface area contributed by atoms with E-state index in [9.17, 15) is 0 Å². The highest BCUT2D eigenvalue weighted by Gasteiger charge is 2.29. The summed E-state index contributed by atoms with van der Waals surface area (Å²) in [6.45, 7) is 4.74. The molecule has 1 nitrogen and oxygen atoms in total. The minimum absolute atomic E-state index is 0.585. The Morgan fingerprint density at radius 3 is 2.73 bits per heavy atom. The smallest absolute Gasteiger partial charge is 0.0165 e. The molecule has 1 heteroatoms. The Kier molecular flexibility index (Phi) is 1.76. The Bertz CT molecular complexity index is 169. The molecule has 1 heterocycles. The van der Waals surface area contributed by atoms with E-state index in [0.29, 0.717) is 5.41 Å². The summed E-state index contributed by atoms with van der Waals surface area (Å²) in [6.07, 6.45) is 8.08. The van der Waals surface area contributed by atoms with Crippen LogP contribution < -0.4 is 5.32 Å². The third-order valence-electron chi connectivity index (χ3n) is 3.02. The summed E-state index contributed by atoms with van der Waals surface area (Å²) in [5.41, 5.74) is 2.23. The van der Waals surface area contributed by atoms with Gasteiger partial charge in [-0.3, -0.25) is 0 Å². The van der Waals surface area contributed by atoms with Crippen LogP contribution in [0.2, 0.25) is 0 Å². The van der Waals surface area contributed by atoms with E-state index >= 15 is 0 Å². The van der Waals surface area contributed by atoms with Crippen LogP contribution in [0.1, 0.15) is 32.6 Å². The molecule has 2 aliphatic rings. The summed E-state index contributed by atoms with van der Waals surface area (Å²) in [7, 11) is 0. The second kappa shape index (κ2) is 2.63. The van der Waals surface area contributed by atoms with Gasteiger partial charge < -0.3 is 5.32 Å². The minimum Gasteiger partial charge on any atom is -0.313 e. The SMILES string of the molecule is CC1(/C=C2/CCNC2)CCC1. The molecule has 0 spiro atoms. The van der Waals surface area contributed by atoms with Crippen molar-refractivity contribution in [3.8, 4) is 0 Å². The number of rotatable bonds is 1. The average Bonchev–Trinajstić information content (AvgIpc) is 2.36. The Hall–Kier alpha value is -0.300. The lowest BCUT2D eigenvalue weighted by atomic mass is 9.69. The molecule has 1 N–H and O–H groups in total. The van der Waals surface area contributed by atoms with E-state index in [2.05, 4.69) is 18.3 Å². The third-order valence-corrected chi connectivity index (χ3v) is 3.02. The molecule has 11 heavy (non-hydrogen) atoms. The molecule has 0 bridgehead atoms. The number of nitrogens with one attached hydrogen (secondary N) is 1. The van der Waals surface area contributed by atoms with E-state index in [1.165, 1.54) is 32.2 Å². The van der Waals surface area contributed by atoms with Gasteiger partial charge in [0.05, 0.1) is 0 Å². The van der Waals surface area contributed by atoms with Gasteiger partial charge in [-0.05, 0) is 31.2 Å². The van der Waals surface area contributed by atoms with Gasteiger partial charge in [0, 0.05) is 6.54 Å². The first-order valence-electron chi connectivity index (χ1n) is 4.70. The second-order valence-corrected chi connectivity index (χ2v) is 4.24. The zero-order valence-electron chi connectivity index (χ0n) is 7.32. The van der Waals surface area contributed by atoms with Gasteiger partial charge in [0.25, 0.3) is 0 Å². The van der Waals surface area contributed by atoms with Crippen molar-refractivity contribution < 1.29 is 0 Å². The van der Waals surface area contributed by atoms with Crippen molar-refractivity contribution in [3.63, 3.8) is 0 Å². The van der Waals surface area contributed by atoms with E-state index in [4.69, 9.17) is 0 Å². The van der Waals surface area contributed by atoms with Crippen LogP contribution in [0.3, 0.4) is 0 Å². The number of allylic oxidation sites excluding steroid dienone is 1. The Labute approximate surface area is 68.9 Å². The molecular weight excluding hydrogens is 134 g/mol. The van der Waals surface area contributed by atoms with E-state index in [0.717, 1.165) is 6.54 Å². The molecule has 1 saturated carbocycles. The van der Waals surface area contributed by atoms with E-state index in [-0.39, 0.29) is 0 Å². The van der Waals surface area contributed by atoms with Crippen LogP contribution in [0.5, 0.6) is 0 Å². The minimum atomic E-state index is 0.585. The highest BCUT2D eigenvalue weighted by atomic mass is 14.9. The van der Waals surface area contributed by atoms with Gasteiger partial charge in [-0.25, -0.2) is 0 Å². The summed E-state index contributed by atoms with van der Waals surface area (Å²) in [6, 6.07) is 0. The molecule has 1 aliphatic carbocycles. The molecule has 0 unspecified atom stereocenters. The summed E-state index contributed by atoms with van der Waals surface area (Å²) in [5.74, 6) is 0. The van der Waals surface area contributed by atoms with Crippen molar-refractivity contribution in [2.75, 3.05) is 13.1 Å². The first kappa shape index (κ1) is 7.35. The summed E-state index contributed by atoms with van der Waals surface area (Å²) in [4.78, 5) is 0. The first-order chi connectivity index (χ1) is 5.29. The van der Waals surface area contributed by atoms with Crippen molar-refractivity contribution in [1.82, 2.24) is 5.32 Å². The third kappa shape index (κ3) is 1.48. The number of hydrogen-bond acceptors (Lipinski definition) is 1. The fourth-order valence-corrected chi connectivity index (χ4v) is 2.08. The first-order valence-corrected chi connectivity index (χ1v) is 4.70. The van der Waals surface area contributed by atoms with Gasteiger partial charge in [0.1, 0.15) is 0 Å². The average molecular weight is 151 g/mol. The normalized spacial score (nSPS) is 32.3. The van der Waals surface area contributed by atoms with Crippen LogP contribution in [0.25, 0.3) is 0 Å². The number of hydrogen-bond donors (Lipinski definition) is 1. The predicted molar refractivity (Wildman–Crippen MR) is 47.5 cm³/mol. The maximum absolute atomic E-state index is 3.37. The molecule has 1 aliphatic heterocycles. The van der Waals surface area contributed by atoms with E-state index in [1.807, 2.05) is 0 Å². The molecule has 0 aromatic rings. The van der Waals surface area contributed by atoms with Crippen LogP contribution in [-0.2, 0) is 0 Å². The van der Waals surface area contributed by atoms with Crippen LogP contribution in [0.15, 0.2) is 11.6 Å². The lowest BCUT2D eigenvalue weighted by molar-refractivity contribution is 0.232. The molecule has 2 rings (SSSR count). The molecule has 0 aromatic carbocycles. The van der Waals surface area contributed by atoms with Crippen LogP contribution in [-0.4, -0.2) is 13.1 Å². The summed E-state index contributed by atoms with van der Waals surface area (Å²) >= 11 is 0. The standard InChI is InChI=1S/C10H17N/c1-10(4-2-5-10)7-9-3-6-11-8-9/h7,11H,2-6,8H2,1H3/b9-7-. The van der Waals surface area contributed by atoms with Gasteiger partial charge in [0.15, 0.2) is 0 Å². The largest absolute Gasteiger partial charge is 0.313 e. The van der Waals surface area contributed by atoms with Gasteiger partial charge in [-0.1, -0.05) is 25.0 Å². The molecule has 62 valence electrons. The van der Waals surface area contributed by atoms with Gasteiger partial charge in [0.2, 0.25) is 0 Å². The summed E-state index contributed by atoms with van der Waals surface area (Å²) < 4.78 is 0. The predicted octanol–water partition coefficient (Wildman–Crippen LogP) is 2.10. The van der Waals surface area contributed by atoms with Crippen molar-refractivity contribution in [2.24, 2.45) is 5.41 Å². The van der Waals surface area contributed by atoms with Crippen LogP contribution >= 0.6 is 0 Å². The maximum Gasteiger partial charge on any atom is 0.0165 e. The quantitative estimate of drug-likeness (QED) is 0.566. The van der Waals surface area contributed by atoms with Crippen molar-refractivity contribution >= 4 is 0 Å². The Morgan fingerprint density at radius 1 is 1.45 bits per heavy atom. The second-order valence-electron chi connectivity index (χ2n) is 4.24.